The fourth-order valence-corrected chi connectivity index (χ4v) is 3.93. The maximum atomic E-state index is 5.87. The number of nitrogens with one attached hydrogen (secondary N) is 1. The van der Waals surface area contributed by atoms with Gasteiger partial charge in [-0.15, -0.1) is 0 Å². The van der Waals surface area contributed by atoms with Gasteiger partial charge in [0.2, 0.25) is 0 Å². The Hall–Kier alpha value is -1.68. The Kier molecular flexibility index (Phi) is 3.70. The van der Waals surface area contributed by atoms with Crippen molar-refractivity contribution in [3.63, 3.8) is 0 Å². The number of hydrogen-bond acceptors (Lipinski definition) is 3. The van der Waals surface area contributed by atoms with Gasteiger partial charge in [0.05, 0.1) is 0 Å². The average Bonchev–Trinajstić information content (AvgIpc) is 2.61. The molecular weight excluding hydrogens is 270 g/mol. The Balaban J connectivity index is 1.82. The lowest BCUT2D eigenvalue weighted by molar-refractivity contribution is 0.143. The molecule has 2 atom stereocenters. The number of fused-ring (bicyclic) bond motifs is 3. The van der Waals surface area contributed by atoms with Crippen LogP contribution in [0.3, 0.4) is 0 Å². The van der Waals surface area contributed by atoms with Crippen LogP contribution in [0, 0.1) is 0 Å². The van der Waals surface area contributed by atoms with Crippen molar-refractivity contribution < 1.29 is 0 Å². The average molecular weight is 293 g/mol. The topological polar surface area (TPSA) is 41.3 Å². The van der Waals surface area contributed by atoms with E-state index in [1.54, 1.807) is 0 Å². The van der Waals surface area contributed by atoms with Crippen molar-refractivity contribution in [1.29, 1.82) is 0 Å². The van der Waals surface area contributed by atoms with E-state index < -0.39 is 0 Å². The van der Waals surface area contributed by atoms with E-state index in [0.29, 0.717) is 18.5 Å². The first-order valence-electron chi connectivity index (χ1n) is 8.19. The second-order valence-corrected chi connectivity index (χ2v) is 6.35. The molecule has 3 heteroatoms. The van der Waals surface area contributed by atoms with Crippen molar-refractivity contribution >= 4 is 0 Å². The summed E-state index contributed by atoms with van der Waals surface area (Å²) in [6.45, 7) is 4.99. The van der Waals surface area contributed by atoms with E-state index in [-0.39, 0.29) is 0 Å². The highest BCUT2D eigenvalue weighted by molar-refractivity contribution is 5.44. The number of hydrogen-bond donors (Lipinski definition) is 2. The molecule has 0 amide bonds. The summed E-state index contributed by atoms with van der Waals surface area (Å²) in [7, 11) is 0. The van der Waals surface area contributed by atoms with Gasteiger partial charge in [-0.25, -0.2) is 0 Å². The molecule has 0 spiro atoms. The van der Waals surface area contributed by atoms with Gasteiger partial charge in [0, 0.05) is 44.7 Å². The van der Waals surface area contributed by atoms with E-state index in [2.05, 4.69) is 58.7 Å². The molecule has 3 nitrogen and oxygen atoms in total. The molecule has 2 aromatic carbocycles. The lowest BCUT2D eigenvalue weighted by Gasteiger charge is -2.44. The lowest BCUT2D eigenvalue weighted by atomic mass is 9.80. The fourth-order valence-electron chi connectivity index (χ4n) is 3.93. The third-order valence-electron chi connectivity index (χ3n) is 5.09. The minimum Gasteiger partial charge on any atom is -0.326 e. The van der Waals surface area contributed by atoms with Gasteiger partial charge in [-0.3, -0.25) is 4.90 Å². The van der Waals surface area contributed by atoms with Crippen LogP contribution in [-0.4, -0.2) is 31.1 Å². The van der Waals surface area contributed by atoms with Crippen LogP contribution in [0.15, 0.2) is 48.5 Å². The molecule has 1 fully saturated rings. The van der Waals surface area contributed by atoms with E-state index >= 15 is 0 Å². The first-order chi connectivity index (χ1) is 10.9. The fraction of sp³-hybridized carbons (Fsp3) is 0.368. The number of nitrogens with zero attached hydrogens (tertiary/aromatic N) is 1. The summed E-state index contributed by atoms with van der Waals surface area (Å²) in [5, 5.41) is 3.54. The highest BCUT2D eigenvalue weighted by Gasteiger charge is 2.35. The monoisotopic (exact) mass is 293 g/mol. The summed E-state index contributed by atoms with van der Waals surface area (Å²) in [4.78, 5) is 2.64. The molecule has 0 saturated carbocycles. The van der Waals surface area contributed by atoms with Crippen LogP contribution in [-0.2, 0) is 6.54 Å². The van der Waals surface area contributed by atoms with E-state index in [4.69, 9.17) is 5.73 Å². The zero-order chi connectivity index (χ0) is 14.9. The van der Waals surface area contributed by atoms with Crippen molar-refractivity contribution in [2.75, 3.05) is 26.2 Å². The molecule has 114 valence electrons. The Morgan fingerprint density at radius 3 is 2.77 bits per heavy atom. The van der Waals surface area contributed by atoms with E-state index in [0.717, 1.165) is 26.2 Å². The number of nitrogens with two attached hydrogens (primary N) is 1. The molecule has 2 heterocycles. The third kappa shape index (κ3) is 2.35. The van der Waals surface area contributed by atoms with Crippen molar-refractivity contribution in [2.24, 2.45) is 5.73 Å². The van der Waals surface area contributed by atoms with Crippen LogP contribution in [0.4, 0.5) is 0 Å². The summed E-state index contributed by atoms with van der Waals surface area (Å²) >= 11 is 0. The molecule has 0 bridgehead atoms. The van der Waals surface area contributed by atoms with Crippen molar-refractivity contribution in [3.8, 4) is 0 Å². The molecule has 0 radical (unpaired) electrons. The van der Waals surface area contributed by atoms with Crippen LogP contribution in [0.25, 0.3) is 0 Å². The van der Waals surface area contributed by atoms with Gasteiger partial charge < -0.3 is 11.1 Å². The molecule has 3 N–H and O–H groups in total. The molecule has 0 aliphatic carbocycles. The first-order valence-corrected chi connectivity index (χ1v) is 8.19. The van der Waals surface area contributed by atoms with Crippen LogP contribution in [0.1, 0.15) is 34.2 Å². The zero-order valence-corrected chi connectivity index (χ0v) is 12.8. The third-order valence-corrected chi connectivity index (χ3v) is 5.09. The molecule has 0 aromatic heterocycles. The number of piperazine rings is 1. The Morgan fingerprint density at radius 1 is 1.09 bits per heavy atom. The smallest absolute Gasteiger partial charge is 0.0476 e. The van der Waals surface area contributed by atoms with Gasteiger partial charge in [-0.2, -0.15) is 0 Å². The summed E-state index contributed by atoms with van der Waals surface area (Å²) in [6, 6.07) is 18.2. The Labute approximate surface area is 132 Å². The van der Waals surface area contributed by atoms with Gasteiger partial charge in [-0.05, 0) is 22.3 Å². The van der Waals surface area contributed by atoms with Gasteiger partial charge in [0.1, 0.15) is 0 Å². The molecule has 1 saturated heterocycles. The first kappa shape index (κ1) is 13.9. The summed E-state index contributed by atoms with van der Waals surface area (Å²) in [5.74, 6) is 0.470. The van der Waals surface area contributed by atoms with Gasteiger partial charge >= 0.3 is 0 Å². The molecule has 22 heavy (non-hydrogen) atoms. The second kappa shape index (κ2) is 5.84. The van der Waals surface area contributed by atoms with Gasteiger partial charge in [-0.1, -0.05) is 48.5 Å². The molecule has 2 aromatic rings. The standard InChI is InChI=1S/C19H23N3/c20-11-14-6-7-16-17(10-14)19-12-21-8-9-22(19)13-18(16)15-4-2-1-3-5-15/h1-7,10,18-19,21H,8-9,11-13,20H2/t18-,19+/m0/s1. The summed E-state index contributed by atoms with van der Waals surface area (Å²) < 4.78 is 0. The second-order valence-electron chi connectivity index (χ2n) is 6.35. The van der Waals surface area contributed by atoms with E-state index in [1.165, 1.54) is 22.3 Å². The van der Waals surface area contributed by atoms with Crippen LogP contribution in [0.5, 0.6) is 0 Å². The highest BCUT2D eigenvalue weighted by atomic mass is 15.2. The molecule has 2 aliphatic heterocycles. The van der Waals surface area contributed by atoms with Crippen LogP contribution in [0.2, 0.25) is 0 Å². The largest absolute Gasteiger partial charge is 0.326 e. The zero-order valence-electron chi connectivity index (χ0n) is 12.8. The van der Waals surface area contributed by atoms with Crippen molar-refractivity contribution in [2.45, 2.75) is 18.5 Å². The van der Waals surface area contributed by atoms with E-state index in [9.17, 15) is 0 Å². The highest BCUT2D eigenvalue weighted by Crippen LogP contribution is 2.40. The quantitative estimate of drug-likeness (QED) is 0.892. The summed E-state index contributed by atoms with van der Waals surface area (Å²) in [5.41, 5.74) is 11.5. The van der Waals surface area contributed by atoms with Gasteiger partial charge in [0.25, 0.3) is 0 Å². The number of rotatable bonds is 2. The Morgan fingerprint density at radius 2 is 1.95 bits per heavy atom. The van der Waals surface area contributed by atoms with E-state index in [1.807, 2.05) is 0 Å². The maximum Gasteiger partial charge on any atom is 0.0476 e. The SMILES string of the molecule is NCc1ccc2c(c1)[C@H]1CNCCN1C[C@H]2c1ccccc1. The van der Waals surface area contributed by atoms with Gasteiger partial charge in [0.15, 0.2) is 0 Å². The minimum absolute atomic E-state index is 0.470. The predicted octanol–water partition coefficient (Wildman–Crippen LogP) is 2.24. The lowest BCUT2D eigenvalue weighted by Crippen LogP contribution is -2.50. The minimum atomic E-state index is 0.470. The van der Waals surface area contributed by atoms with Crippen molar-refractivity contribution in [3.05, 3.63) is 70.8 Å². The number of benzene rings is 2. The maximum absolute atomic E-state index is 5.87. The van der Waals surface area contributed by atoms with Crippen LogP contribution >= 0.6 is 0 Å². The molecule has 0 unspecified atom stereocenters. The summed E-state index contributed by atoms with van der Waals surface area (Å²) in [6.07, 6.45) is 0. The normalized spacial score (nSPS) is 24.6. The Bertz CT molecular complexity index is 653. The van der Waals surface area contributed by atoms with Crippen LogP contribution < -0.4 is 11.1 Å². The van der Waals surface area contributed by atoms with Crippen molar-refractivity contribution in [1.82, 2.24) is 10.2 Å². The molecule has 4 rings (SSSR count). The molecular formula is C19H23N3. The predicted molar refractivity (Wildman–Crippen MR) is 89.8 cm³/mol. The molecule has 2 aliphatic rings.